The van der Waals surface area contributed by atoms with E-state index in [0.717, 1.165) is 18.9 Å². The quantitative estimate of drug-likeness (QED) is 0.672. The molecule has 0 radical (unpaired) electrons. The Hall–Kier alpha value is -0.410. The van der Waals surface area contributed by atoms with Gasteiger partial charge in [0.2, 0.25) is 0 Å². The molecule has 0 aromatic carbocycles. The van der Waals surface area contributed by atoms with Gasteiger partial charge in [0.05, 0.1) is 6.10 Å². The Balaban J connectivity index is 1.59. The summed E-state index contributed by atoms with van der Waals surface area (Å²) < 4.78 is 10.6. The molecule has 0 aromatic rings. The van der Waals surface area contributed by atoms with Crippen LogP contribution in [0.5, 0.6) is 0 Å². The van der Waals surface area contributed by atoms with Crippen molar-refractivity contribution in [3.63, 3.8) is 0 Å². The van der Waals surface area contributed by atoms with Crippen LogP contribution in [-0.4, -0.2) is 31.7 Å². The molecule has 2 unspecified atom stereocenters. The number of ketones is 1. The highest BCUT2D eigenvalue weighted by Gasteiger charge is 2.40. The molecular weight excluding hydrogens is 180 g/mol. The first-order valence-electron chi connectivity index (χ1n) is 5.48. The Labute approximate surface area is 84.8 Å². The van der Waals surface area contributed by atoms with Gasteiger partial charge >= 0.3 is 0 Å². The molecule has 2 atom stereocenters. The molecule has 2 fully saturated rings. The predicted molar refractivity (Wildman–Crippen MR) is 52.1 cm³/mol. The molecule has 2 saturated carbocycles. The van der Waals surface area contributed by atoms with Gasteiger partial charge in [0.25, 0.3) is 0 Å². The Morgan fingerprint density at radius 1 is 1.43 bits per heavy atom. The zero-order valence-electron chi connectivity index (χ0n) is 8.70. The van der Waals surface area contributed by atoms with Crippen LogP contribution in [0.3, 0.4) is 0 Å². The molecule has 0 heterocycles. The molecule has 2 aliphatic rings. The van der Waals surface area contributed by atoms with E-state index in [1.807, 2.05) is 0 Å². The van der Waals surface area contributed by atoms with Gasteiger partial charge in [-0.2, -0.15) is 0 Å². The summed E-state index contributed by atoms with van der Waals surface area (Å²) in [6.07, 6.45) is 5.56. The first-order chi connectivity index (χ1) is 6.81. The number of hydrogen-bond donors (Lipinski definition) is 0. The van der Waals surface area contributed by atoms with E-state index in [9.17, 15) is 4.79 Å². The zero-order chi connectivity index (χ0) is 9.97. The summed E-state index contributed by atoms with van der Waals surface area (Å²) in [6.45, 7) is 0.794. The third kappa shape index (κ3) is 1.98. The average molecular weight is 198 g/mol. The number of ether oxygens (including phenoxy) is 2. The molecule has 0 amide bonds. The minimum Gasteiger partial charge on any atom is -0.375 e. The molecule has 3 nitrogen and oxygen atoms in total. The lowest BCUT2D eigenvalue weighted by Crippen LogP contribution is -2.50. The SMILES string of the molecule is COC1C(=O)CC1OCCC1CCC1. The first kappa shape index (κ1) is 10.1. The van der Waals surface area contributed by atoms with Gasteiger partial charge in [-0.25, -0.2) is 0 Å². The number of carbonyl (C=O) groups excluding carboxylic acids is 1. The van der Waals surface area contributed by atoms with Gasteiger partial charge in [-0.3, -0.25) is 4.79 Å². The van der Waals surface area contributed by atoms with Gasteiger partial charge < -0.3 is 9.47 Å². The van der Waals surface area contributed by atoms with E-state index in [4.69, 9.17) is 9.47 Å². The predicted octanol–water partition coefficient (Wildman–Crippen LogP) is 1.55. The van der Waals surface area contributed by atoms with Crippen LogP contribution >= 0.6 is 0 Å². The molecule has 14 heavy (non-hydrogen) atoms. The van der Waals surface area contributed by atoms with Crippen molar-refractivity contribution in [2.75, 3.05) is 13.7 Å². The van der Waals surface area contributed by atoms with Crippen molar-refractivity contribution in [2.24, 2.45) is 5.92 Å². The van der Waals surface area contributed by atoms with Crippen LogP contribution in [0.15, 0.2) is 0 Å². The highest BCUT2D eigenvalue weighted by Crippen LogP contribution is 2.30. The van der Waals surface area contributed by atoms with Gasteiger partial charge in [-0.15, -0.1) is 0 Å². The van der Waals surface area contributed by atoms with E-state index in [1.54, 1.807) is 7.11 Å². The number of hydrogen-bond acceptors (Lipinski definition) is 3. The highest BCUT2D eigenvalue weighted by atomic mass is 16.5. The van der Waals surface area contributed by atoms with E-state index in [0.29, 0.717) is 6.42 Å². The lowest BCUT2D eigenvalue weighted by atomic mass is 9.83. The fourth-order valence-corrected chi connectivity index (χ4v) is 2.07. The van der Waals surface area contributed by atoms with E-state index >= 15 is 0 Å². The second-order valence-electron chi connectivity index (χ2n) is 4.32. The Bertz CT molecular complexity index is 211. The van der Waals surface area contributed by atoms with Gasteiger partial charge in [-0.05, 0) is 12.3 Å². The summed E-state index contributed by atoms with van der Waals surface area (Å²) in [4.78, 5) is 11.0. The molecule has 2 aliphatic carbocycles. The smallest absolute Gasteiger partial charge is 0.166 e. The van der Waals surface area contributed by atoms with Crippen LogP contribution in [0.1, 0.15) is 32.1 Å². The lowest BCUT2D eigenvalue weighted by molar-refractivity contribution is -0.161. The van der Waals surface area contributed by atoms with Crippen LogP contribution in [0.4, 0.5) is 0 Å². The minimum absolute atomic E-state index is 0.0348. The first-order valence-corrected chi connectivity index (χ1v) is 5.48. The number of carbonyl (C=O) groups is 1. The zero-order valence-corrected chi connectivity index (χ0v) is 8.70. The molecule has 0 N–H and O–H groups in total. The maximum absolute atomic E-state index is 11.0. The van der Waals surface area contributed by atoms with Crippen LogP contribution in [-0.2, 0) is 14.3 Å². The molecule has 2 rings (SSSR count). The van der Waals surface area contributed by atoms with Crippen molar-refractivity contribution in [3.05, 3.63) is 0 Å². The highest BCUT2D eigenvalue weighted by molar-refractivity contribution is 5.90. The normalized spacial score (nSPS) is 32.5. The maximum atomic E-state index is 11.0. The molecule has 3 heteroatoms. The molecule has 0 aromatic heterocycles. The van der Waals surface area contributed by atoms with Crippen LogP contribution in [0.2, 0.25) is 0 Å². The van der Waals surface area contributed by atoms with Crippen LogP contribution in [0.25, 0.3) is 0 Å². The Morgan fingerprint density at radius 3 is 2.71 bits per heavy atom. The molecular formula is C11H18O3. The second-order valence-corrected chi connectivity index (χ2v) is 4.32. The van der Waals surface area contributed by atoms with Crippen LogP contribution < -0.4 is 0 Å². The lowest BCUT2D eigenvalue weighted by Gasteiger charge is -2.34. The summed E-state index contributed by atoms with van der Waals surface area (Å²) in [7, 11) is 1.57. The number of methoxy groups -OCH3 is 1. The largest absolute Gasteiger partial charge is 0.375 e. The molecule has 0 spiro atoms. The van der Waals surface area contributed by atoms with Crippen molar-refractivity contribution < 1.29 is 14.3 Å². The summed E-state index contributed by atoms with van der Waals surface area (Å²) in [5, 5.41) is 0. The molecule has 0 saturated heterocycles. The Morgan fingerprint density at radius 2 is 2.21 bits per heavy atom. The fraction of sp³-hybridized carbons (Fsp3) is 0.909. The summed E-state index contributed by atoms with van der Waals surface area (Å²) in [6, 6.07) is 0. The summed E-state index contributed by atoms with van der Waals surface area (Å²) >= 11 is 0. The van der Waals surface area contributed by atoms with Crippen molar-refractivity contribution in [1.82, 2.24) is 0 Å². The molecule has 80 valence electrons. The van der Waals surface area contributed by atoms with E-state index in [1.165, 1.54) is 19.3 Å². The van der Waals surface area contributed by atoms with Gasteiger partial charge in [0.1, 0.15) is 6.10 Å². The fourth-order valence-electron chi connectivity index (χ4n) is 2.07. The van der Waals surface area contributed by atoms with Crippen molar-refractivity contribution in [1.29, 1.82) is 0 Å². The Kier molecular flexibility index (Phi) is 3.19. The van der Waals surface area contributed by atoms with Gasteiger partial charge in [0, 0.05) is 20.1 Å². The topological polar surface area (TPSA) is 35.5 Å². The summed E-state index contributed by atoms with van der Waals surface area (Å²) in [5.74, 6) is 1.06. The summed E-state index contributed by atoms with van der Waals surface area (Å²) in [5.41, 5.74) is 0. The van der Waals surface area contributed by atoms with Crippen molar-refractivity contribution in [2.45, 2.75) is 44.3 Å². The third-order valence-electron chi connectivity index (χ3n) is 3.39. The minimum atomic E-state index is -0.281. The average Bonchev–Trinajstić information content (AvgIpc) is 2.07. The molecule has 0 aliphatic heterocycles. The van der Waals surface area contributed by atoms with Crippen molar-refractivity contribution >= 4 is 5.78 Å². The van der Waals surface area contributed by atoms with E-state index < -0.39 is 0 Å². The maximum Gasteiger partial charge on any atom is 0.166 e. The van der Waals surface area contributed by atoms with E-state index in [2.05, 4.69) is 0 Å². The monoisotopic (exact) mass is 198 g/mol. The number of rotatable bonds is 5. The van der Waals surface area contributed by atoms with Gasteiger partial charge in [0.15, 0.2) is 5.78 Å². The molecule has 0 bridgehead atoms. The van der Waals surface area contributed by atoms with Gasteiger partial charge in [-0.1, -0.05) is 19.3 Å². The number of Topliss-reactive ketones (excluding diaryl/α,β-unsaturated/α-hetero) is 1. The third-order valence-corrected chi connectivity index (χ3v) is 3.39. The van der Waals surface area contributed by atoms with Crippen molar-refractivity contribution in [3.8, 4) is 0 Å². The van der Waals surface area contributed by atoms with Crippen LogP contribution in [0, 0.1) is 5.92 Å². The second kappa shape index (κ2) is 4.41. The standard InChI is InChI=1S/C11H18O3/c1-13-11-9(12)7-10(11)14-6-5-8-3-2-4-8/h8,10-11H,2-7H2,1H3. The van der Waals surface area contributed by atoms with E-state index in [-0.39, 0.29) is 18.0 Å².